The van der Waals surface area contributed by atoms with Crippen molar-refractivity contribution in [2.24, 2.45) is 5.10 Å². The van der Waals surface area contributed by atoms with Gasteiger partial charge >= 0.3 is 0 Å². The normalized spacial score (nSPS) is 19.2. The van der Waals surface area contributed by atoms with Gasteiger partial charge < -0.3 is 9.47 Å². The largest absolute Gasteiger partial charge is 0.497 e. The second-order valence-corrected chi connectivity index (χ2v) is 8.07. The molecule has 0 saturated carbocycles. The molecular formula is C25H31N3O3. The van der Waals surface area contributed by atoms with Crippen LogP contribution >= 0.6 is 0 Å². The van der Waals surface area contributed by atoms with E-state index in [2.05, 4.69) is 4.90 Å². The summed E-state index contributed by atoms with van der Waals surface area (Å²) in [5.74, 6) is 1.71. The summed E-state index contributed by atoms with van der Waals surface area (Å²) in [4.78, 5) is 15.5. The summed E-state index contributed by atoms with van der Waals surface area (Å²) >= 11 is 0. The Labute approximate surface area is 184 Å². The van der Waals surface area contributed by atoms with Crippen molar-refractivity contribution in [1.29, 1.82) is 0 Å². The number of benzene rings is 2. The molecule has 2 aliphatic rings. The third-order valence-electron chi connectivity index (χ3n) is 5.97. The molecule has 0 radical (unpaired) electrons. The Kier molecular flexibility index (Phi) is 6.87. The zero-order chi connectivity index (χ0) is 21.6. The van der Waals surface area contributed by atoms with E-state index >= 15 is 0 Å². The molecule has 0 aliphatic carbocycles. The maximum Gasteiger partial charge on any atom is 0.257 e. The highest BCUT2D eigenvalue weighted by Gasteiger charge is 2.33. The minimum absolute atomic E-state index is 0.0595. The van der Waals surface area contributed by atoms with Crippen molar-refractivity contribution in [3.8, 4) is 11.5 Å². The van der Waals surface area contributed by atoms with Gasteiger partial charge in [0.15, 0.2) is 0 Å². The summed E-state index contributed by atoms with van der Waals surface area (Å²) in [6.45, 7) is 5.01. The number of hydrazone groups is 1. The molecule has 1 saturated heterocycles. The maximum absolute atomic E-state index is 13.3. The van der Waals surface area contributed by atoms with Gasteiger partial charge in [-0.05, 0) is 80.4 Å². The van der Waals surface area contributed by atoms with E-state index in [4.69, 9.17) is 14.6 Å². The molecule has 2 aromatic rings. The van der Waals surface area contributed by atoms with Crippen molar-refractivity contribution in [2.45, 2.75) is 38.6 Å². The molecule has 6 heteroatoms. The van der Waals surface area contributed by atoms with Crippen LogP contribution in [0.1, 0.15) is 49.8 Å². The monoisotopic (exact) mass is 421 g/mol. The number of nitrogens with zero attached hydrogens (tertiary/aromatic N) is 3. The summed E-state index contributed by atoms with van der Waals surface area (Å²) in [6, 6.07) is 15.8. The standard InChI is InChI=1S/C25H31N3O3/c1-3-31-22-13-9-20(10-14-22)24-17-23(19-7-11-21(30-2)12-8-19)26-28(24)25(29)18-27-15-5-4-6-16-27/h7-14,24H,3-6,15-18H2,1-2H3/t24-/m1/s1. The first-order valence-corrected chi connectivity index (χ1v) is 11.2. The van der Waals surface area contributed by atoms with Crippen molar-refractivity contribution in [3.05, 3.63) is 59.7 Å². The lowest BCUT2D eigenvalue weighted by Gasteiger charge is -2.29. The molecule has 1 atom stereocenters. The molecule has 0 N–H and O–H groups in total. The number of amides is 1. The lowest BCUT2D eigenvalue weighted by molar-refractivity contribution is -0.134. The van der Waals surface area contributed by atoms with E-state index in [-0.39, 0.29) is 11.9 Å². The van der Waals surface area contributed by atoms with Crippen LogP contribution < -0.4 is 9.47 Å². The second kappa shape index (κ2) is 9.96. The number of likely N-dealkylation sites (tertiary alicyclic amines) is 1. The summed E-state index contributed by atoms with van der Waals surface area (Å²) in [5, 5.41) is 6.50. The number of ether oxygens (including phenoxy) is 2. The highest BCUT2D eigenvalue weighted by atomic mass is 16.5. The van der Waals surface area contributed by atoms with Gasteiger partial charge in [0.05, 0.1) is 32.0 Å². The lowest BCUT2D eigenvalue weighted by atomic mass is 9.98. The summed E-state index contributed by atoms with van der Waals surface area (Å²) in [7, 11) is 1.66. The Bertz CT molecular complexity index is 903. The Balaban J connectivity index is 1.57. The van der Waals surface area contributed by atoms with Crippen molar-refractivity contribution in [1.82, 2.24) is 9.91 Å². The van der Waals surface area contributed by atoms with E-state index in [0.29, 0.717) is 19.6 Å². The van der Waals surface area contributed by atoms with Gasteiger partial charge in [-0.1, -0.05) is 18.6 Å². The molecule has 6 nitrogen and oxygen atoms in total. The first kappa shape index (κ1) is 21.4. The van der Waals surface area contributed by atoms with Crippen LogP contribution in [-0.4, -0.2) is 54.9 Å². The predicted octanol–water partition coefficient (Wildman–Crippen LogP) is 4.26. The van der Waals surface area contributed by atoms with Crippen LogP contribution in [0.25, 0.3) is 0 Å². The van der Waals surface area contributed by atoms with Crippen LogP contribution in [0, 0.1) is 0 Å². The Morgan fingerprint density at radius 2 is 1.68 bits per heavy atom. The van der Waals surface area contributed by atoms with Gasteiger partial charge in [-0.25, -0.2) is 5.01 Å². The van der Waals surface area contributed by atoms with Gasteiger partial charge in [-0.2, -0.15) is 5.10 Å². The molecule has 164 valence electrons. The fourth-order valence-corrected chi connectivity index (χ4v) is 4.29. The zero-order valence-electron chi connectivity index (χ0n) is 18.4. The van der Waals surface area contributed by atoms with Crippen LogP contribution in [0.15, 0.2) is 53.6 Å². The number of rotatable bonds is 7. The molecule has 1 fully saturated rings. The zero-order valence-corrected chi connectivity index (χ0v) is 18.4. The SMILES string of the molecule is CCOc1ccc([C@H]2CC(c3ccc(OC)cc3)=NN2C(=O)CN2CCCCC2)cc1. The average Bonchev–Trinajstić information content (AvgIpc) is 3.26. The van der Waals surface area contributed by atoms with Crippen molar-refractivity contribution < 1.29 is 14.3 Å². The van der Waals surface area contributed by atoms with Crippen LogP contribution in [0.4, 0.5) is 0 Å². The Hall–Kier alpha value is -2.86. The van der Waals surface area contributed by atoms with Crippen LogP contribution in [0.3, 0.4) is 0 Å². The summed E-state index contributed by atoms with van der Waals surface area (Å²) in [5.41, 5.74) is 3.02. The highest BCUT2D eigenvalue weighted by molar-refractivity contribution is 6.03. The third kappa shape index (κ3) is 5.07. The molecular weight excluding hydrogens is 390 g/mol. The third-order valence-corrected chi connectivity index (χ3v) is 5.97. The molecule has 1 amide bonds. The predicted molar refractivity (Wildman–Crippen MR) is 122 cm³/mol. The van der Waals surface area contributed by atoms with Gasteiger partial charge in [0.1, 0.15) is 11.5 Å². The molecule has 2 aliphatic heterocycles. The van der Waals surface area contributed by atoms with Crippen LogP contribution in [0.5, 0.6) is 11.5 Å². The van der Waals surface area contributed by atoms with Gasteiger partial charge in [0.2, 0.25) is 0 Å². The average molecular weight is 422 g/mol. The van der Waals surface area contributed by atoms with Crippen molar-refractivity contribution in [2.75, 3.05) is 33.4 Å². The minimum Gasteiger partial charge on any atom is -0.497 e. The smallest absolute Gasteiger partial charge is 0.257 e. The first-order valence-electron chi connectivity index (χ1n) is 11.2. The van der Waals surface area contributed by atoms with Gasteiger partial charge in [-0.15, -0.1) is 0 Å². The summed E-state index contributed by atoms with van der Waals surface area (Å²) < 4.78 is 10.9. The summed E-state index contributed by atoms with van der Waals surface area (Å²) in [6.07, 6.45) is 4.26. The van der Waals surface area contributed by atoms with E-state index in [1.807, 2.05) is 55.5 Å². The fourth-order valence-electron chi connectivity index (χ4n) is 4.29. The molecule has 2 aromatic carbocycles. The van der Waals surface area contributed by atoms with Crippen LogP contribution in [-0.2, 0) is 4.79 Å². The highest BCUT2D eigenvalue weighted by Crippen LogP contribution is 2.34. The quantitative estimate of drug-likeness (QED) is 0.670. The maximum atomic E-state index is 13.3. The van der Waals surface area contributed by atoms with Gasteiger partial charge in [0.25, 0.3) is 5.91 Å². The number of carbonyl (C=O) groups is 1. The van der Waals surface area contributed by atoms with E-state index in [0.717, 1.165) is 54.3 Å². The molecule has 2 heterocycles. The van der Waals surface area contributed by atoms with Gasteiger partial charge in [-0.3, -0.25) is 9.69 Å². The van der Waals surface area contributed by atoms with Gasteiger partial charge in [0, 0.05) is 6.42 Å². The lowest BCUT2D eigenvalue weighted by Crippen LogP contribution is -2.40. The molecule has 31 heavy (non-hydrogen) atoms. The molecule has 0 unspecified atom stereocenters. The van der Waals surface area contributed by atoms with E-state index in [1.54, 1.807) is 12.1 Å². The van der Waals surface area contributed by atoms with Crippen LogP contribution in [0.2, 0.25) is 0 Å². The van der Waals surface area contributed by atoms with Crippen molar-refractivity contribution >= 4 is 11.6 Å². The Morgan fingerprint density at radius 1 is 1.00 bits per heavy atom. The van der Waals surface area contributed by atoms with Crippen molar-refractivity contribution in [3.63, 3.8) is 0 Å². The number of hydrogen-bond donors (Lipinski definition) is 0. The Morgan fingerprint density at radius 3 is 2.32 bits per heavy atom. The molecule has 4 rings (SSSR count). The van der Waals surface area contributed by atoms with E-state index in [9.17, 15) is 4.79 Å². The topological polar surface area (TPSA) is 54.4 Å². The van der Waals surface area contributed by atoms with E-state index in [1.165, 1.54) is 6.42 Å². The molecule has 0 aromatic heterocycles. The molecule has 0 bridgehead atoms. The fraction of sp³-hybridized carbons (Fsp3) is 0.440. The molecule has 0 spiro atoms. The van der Waals surface area contributed by atoms with E-state index < -0.39 is 0 Å². The number of piperidine rings is 1. The minimum atomic E-state index is -0.106. The number of methoxy groups -OCH3 is 1. The number of hydrogen-bond acceptors (Lipinski definition) is 5. The second-order valence-electron chi connectivity index (χ2n) is 8.07. The number of carbonyl (C=O) groups excluding carboxylic acids is 1. The first-order chi connectivity index (χ1) is 15.2.